The molecule has 1 amide bonds. The molecular formula is C16H19Cl2NO4. The number of halogens is 2. The highest BCUT2D eigenvalue weighted by Gasteiger charge is 2.15. The van der Waals surface area contributed by atoms with Crippen molar-refractivity contribution in [2.75, 3.05) is 26.3 Å². The SMILES string of the molecule is C=CCN(CCC(=O)OCC)C(=O)COc1ccc(Cl)cc1Cl. The highest BCUT2D eigenvalue weighted by atomic mass is 35.5. The van der Waals surface area contributed by atoms with Gasteiger partial charge in [0.05, 0.1) is 18.1 Å². The van der Waals surface area contributed by atoms with Crippen LogP contribution in [0.3, 0.4) is 0 Å². The van der Waals surface area contributed by atoms with Gasteiger partial charge < -0.3 is 14.4 Å². The van der Waals surface area contributed by atoms with E-state index in [1.165, 1.54) is 11.0 Å². The number of esters is 1. The van der Waals surface area contributed by atoms with Gasteiger partial charge in [0.1, 0.15) is 5.75 Å². The molecule has 0 aliphatic carbocycles. The third-order valence-electron chi connectivity index (χ3n) is 2.84. The molecule has 0 atom stereocenters. The standard InChI is InChI=1S/C16H19Cl2NO4/c1-3-8-19(9-7-16(21)22-4-2)15(20)11-23-14-6-5-12(17)10-13(14)18/h3,5-6,10H,1,4,7-9,11H2,2H3. The number of ether oxygens (including phenoxy) is 2. The van der Waals surface area contributed by atoms with Crippen molar-refractivity contribution in [1.29, 1.82) is 0 Å². The summed E-state index contributed by atoms with van der Waals surface area (Å²) in [6.07, 6.45) is 1.70. The van der Waals surface area contributed by atoms with E-state index >= 15 is 0 Å². The molecule has 0 saturated heterocycles. The summed E-state index contributed by atoms with van der Waals surface area (Å²) in [5.41, 5.74) is 0. The molecule has 0 unspecified atom stereocenters. The van der Waals surface area contributed by atoms with Crippen LogP contribution in [0, 0.1) is 0 Å². The van der Waals surface area contributed by atoms with E-state index in [0.29, 0.717) is 28.9 Å². The molecule has 0 aliphatic rings. The number of hydrogen-bond donors (Lipinski definition) is 0. The highest BCUT2D eigenvalue weighted by Crippen LogP contribution is 2.27. The minimum absolute atomic E-state index is 0.120. The second kappa shape index (κ2) is 10.1. The number of benzene rings is 1. The topological polar surface area (TPSA) is 55.8 Å². The van der Waals surface area contributed by atoms with Gasteiger partial charge in [0.2, 0.25) is 0 Å². The fraction of sp³-hybridized carbons (Fsp3) is 0.375. The molecule has 0 heterocycles. The van der Waals surface area contributed by atoms with E-state index in [1.54, 1.807) is 25.1 Å². The first-order chi connectivity index (χ1) is 11.0. The predicted molar refractivity (Wildman–Crippen MR) is 90.0 cm³/mol. The zero-order chi connectivity index (χ0) is 17.2. The van der Waals surface area contributed by atoms with Crippen LogP contribution in [-0.2, 0) is 14.3 Å². The first-order valence-corrected chi connectivity index (χ1v) is 7.85. The summed E-state index contributed by atoms with van der Waals surface area (Å²) < 4.78 is 10.2. The smallest absolute Gasteiger partial charge is 0.307 e. The van der Waals surface area contributed by atoms with Crippen LogP contribution in [0.2, 0.25) is 10.0 Å². The van der Waals surface area contributed by atoms with Crippen molar-refractivity contribution < 1.29 is 19.1 Å². The summed E-state index contributed by atoms with van der Waals surface area (Å²) in [4.78, 5) is 25.0. The minimum Gasteiger partial charge on any atom is -0.482 e. The van der Waals surface area contributed by atoms with E-state index in [-0.39, 0.29) is 31.4 Å². The second-order valence-electron chi connectivity index (χ2n) is 4.55. The fourth-order valence-corrected chi connectivity index (χ4v) is 2.22. The number of amides is 1. The Morgan fingerprint density at radius 3 is 2.70 bits per heavy atom. The molecule has 126 valence electrons. The fourth-order valence-electron chi connectivity index (χ4n) is 1.76. The Morgan fingerprint density at radius 2 is 2.09 bits per heavy atom. The summed E-state index contributed by atoms with van der Waals surface area (Å²) in [7, 11) is 0. The van der Waals surface area contributed by atoms with Crippen molar-refractivity contribution in [2.24, 2.45) is 0 Å². The van der Waals surface area contributed by atoms with E-state index < -0.39 is 0 Å². The van der Waals surface area contributed by atoms with Gasteiger partial charge in [0.15, 0.2) is 6.61 Å². The zero-order valence-corrected chi connectivity index (χ0v) is 14.4. The van der Waals surface area contributed by atoms with E-state index in [9.17, 15) is 9.59 Å². The molecule has 0 spiro atoms. The quantitative estimate of drug-likeness (QED) is 0.501. The second-order valence-corrected chi connectivity index (χ2v) is 5.39. The Bertz CT molecular complexity index is 563. The van der Waals surface area contributed by atoms with Gasteiger partial charge >= 0.3 is 5.97 Å². The number of carbonyl (C=O) groups excluding carboxylic acids is 2. The molecule has 0 bridgehead atoms. The first kappa shape index (κ1) is 19.3. The average Bonchev–Trinajstić information content (AvgIpc) is 2.50. The molecule has 5 nitrogen and oxygen atoms in total. The van der Waals surface area contributed by atoms with Gasteiger partial charge in [-0.1, -0.05) is 29.3 Å². The maximum Gasteiger partial charge on any atom is 0.307 e. The zero-order valence-electron chi connectivity index (χ0n) is 12.9. The molecule has 23 heavy (non-hydrogen) atoms. The molecule has 0 N–H and O–H groups in total. The lowest BCUT2D eigenvalue weighted by Gasteiger charge is -2.21. The van der Waals surface area contributed by atoms with Gasteiger partial charge in [0, 0.05) is 18.1 Å². The summed E-state index contributed by atoms with van der Waals surface area (Å²) in [5.74, 6) is -0.260. The van der Waals surface area contributed by atoms with Gasteiger partial charge in [-0.25, -0.2) is 0 Å². The van der Waals surface area contributed by atoms with Gasteiger partial charge in [-0.15, -0.1) is 6.58 Å². The summed E-state index contributed by atoms with van der Waals surface area (Å²) in [6.45, 7) is 6.00. The number of carbonyl (C=O) groups is 2. The van der Waals surface area contributed by atoms with Crippen LogP contribution in [0.5, 0.6) is 5.75 Å². The molecular weight excluding hydrogens is 341 g/mol. The highest BCUT2D eigenvalue weighted by molar-refractivity contribution is 6.35. The van der Waals surface area contributed by atoms with Gasteiger partial charge in [-0.2, -0.15) is 0 Å². The molecule has 0 aromatic heterocycles. The van der Waals surface area contributed by atoms with Crippen LogP contribution < -0.4 is 4.74 Å². The minimum atomic E-state index is -0.351. The summed E-state index contributed by atoms with van der Waals surface area (Å²) in [6, 6.07) is 4.75. The van der Waals surface area contributed by atoms with Crippen LogP contribution in [-0.4, -0.2) is 43.1 Å². The van der Waals surface area contributed by atoms with Crippen molar-refractivity contribution in [3.8, 4) is 5.75 Å². The van der Waals surface area contributed by atoms with Crippen molar-refractivity contribution in [3.63, 3.8) is 0 Å². The van der Waals surface area contributed by atoms with E-state index in [2.05, 4.69) is 6.58 Å². The molecule has 0 fully saturated rings. The Kier molecular flexibility index (Phi) is 8.51. The molecule has 0 aliphatic heterocycles. The average molecular weight is 360 g/mol. The Morgan fingerprint density at radius 1 is 1.35 bits per heavy atom. The Balaban J connectivity index is 2.56. The van der Waals surface area contributed by atoms with Crippen molar-refractivity contribution in [1.82, 2.24) is 4.90 Å². The number of hydrogen-bond acceptors (Lipinski definition) is 4. The lowest BCUT2D eigenvalue weighted by Crippen LogP contribution is -2.36. The molecule has 0 saturated carbocycles. The van der Waals surface area contributed by atoms with Crippen molar-refractivity contribution >= 4 is 35.1 Å². The monoisotopic (exact) mass is 359 g/mol. The number of rotatable bonds is 9. The van der Waals surface area contributed by atoms with E-state index in [1.807, 2.05) is 0 Å². The lowest BCUT2D eigenvalue weighted by molar-refractivity contribution is -0.144. The Hall–Kier alpha value is -1.72. The maximum atomic E-state index is 12.2. The van der Waals surface area contributed by atoms with Crippen LogP contribution in [0.1, 0.15) is 13.3 Å². The normalized spacial score (nSPS) is 10.0. The van der Waals surface area contributed by atoms with Crippen molar-refractivity contribution in [2.45, 2.75) is 13.3 Å². The van der Waals surface area contributed by atoms with Gasteiger partial charge in [-0.3, -0.25) is 9.59 Å². The molecule has 0 radical (unpaired) electrons. The first-order valence-electron chi connectivity index (χ1n) is 7.10. The van der Waals surface area contributed by atoms with Crippen LogP contribution in [0.15, 0.2) is 30.9 Å². The lowest BCUT2D eigenvalue weighted by atomic mass is 10.3. The number of nitrogens with zero attached hydrogens (tertiary/aromatic N) is 1. The molecule has 7 heteroatoms. The molecule has 1 aromatic carbocycles. The Labute approximate surface area is 145 Å². The summed E-state index contributed by atoms with van der Waals surface area (Å²) >= 11 is 11.8. The predicted octanol–water partition coefficient (Wildman–Crippen LogP) is 3.34. The van der Waals surface area contributed by atoms with E-state index in [0.717, 1.165) is 0 Å². The third-order valence-corrected chi connectivity index (χ3v) is 3.37. The van der Waals surface area contributed by atoms with Gasteiger partial charge in [-0.05, 0) is 25.1 Å². The molecule has 1 aromatic rings. The third kappa shape index (κ3) is 6.93. The van der Waals surface area contributed by atoms with E-state index in [4.69, 9.17) is 32.7 Å². The van der Waals surface area contributed by atoms with Crippen LogP contribution in [0.25, 0.3) is 0 Å². The maximum absolute atomic E-state index is 12.2. The summed E-state index contributed by atoms with van der Waals surface area (Å²) in [5, 5.41) is 0.809. The largest absolute Gasteiger partial charge is 0.482 e. The molecule has 1 rings (SSSR count). The van der Waals surface area contributed by atoms with Gasteiger partial charge in [0.25, 0.3) is 5.91 Å². The van der Waals surface area contributed by atoms with Crippen molar-refractivity contribution in [3.05, 3.63) is 40.9 Å². The van der Waals surface area contributed by atoms with Crippen LogP contribution in [0.4, 0.5) is 0 Å². The van der Waals surface area contributed by atoms with Crippen LogP contribution >= 0.6 is 23.2 Å².